The van der Waals surface area contributed by atoms with Crippen LogP contribution in [0.4, 0.5) is 5.69 Å². The second-order valence-corrected chi connectivity index (χ2v) is 7.12. The third kappa shape index (κ3) is 4.17. The van der Waals surface area contributed by atoms with Crippen LogP contribution in [0.15, 0.2) is 75.8 Å². The molecule has 0 aliphatic heterocycles. The standard InChI is InChI=1S/C21H16BrN5O2/c1-14-9-10-18(17(22)12-14)23-21(28)19(13-16-8-5-11-29-16)27-20(24-25-26-27)15-6-3-2-4-7-15/h2-13H,1H3,(H,23,28)/b19-13+. The molecular formula is C21H16BrN5O2. The van der Waals surface area contributed by atoms with E-state index in [2.05, 4.69) is 36.8 Å². The van der Waals surface area contributed by atoms with Crippen molar-refractivity contribution in [2.24, 2.45) is 0 Å². The molecule has 2 aromatic heterocycles. The highest BCUT2D eigenvalue weighted by molar-refractivity contribution is 9.10. The molecule has 0 atom stereocenters. The second kappa shape index (κ2) is 8.24. The fourth-order valence-electron chi connectivity index (χ4n) is 2.76. The van der Waals surface area contributed by atoms with E-state index in [9.17, 15) is 4.79 Å². The van der Waals surface area contributed by atoms with E-state index >= 15 is 0 Å². The van der Waals surface area contributed by atoms with Crippen LogP contribution in [-0.4, -0.2) is 26.1 Å². The molecule has 0 aliphatic rings. The number of rotatable bonds is 5. The minimum absolute atomic E-state index is 0.219. The molecule has 144 valence electrons. The summed E-state index contributed by atoms with van der Waals surface area (Å²) in [6, 6.07) is 18.6. The van der Waals surface area contributed by atoms with E-state index in [-0.39, 0.29) is 11.6 Å². The van der Waals surface area contributed by atoms with Gasteiger partial charge in [0.15, 0.2) is 5.82 Å². The smallest absolute Gasteiger partial charge is 0.274 e. The Hall–Kier alpha value is -3.52. The van der Waals surface area contributed by atoms with E-state index in [4.69, 9.17) is 4.42 Å². The first-order chi connectivity index (χ1) is 14.1. The molecule has 4 rings (SSSR count). The summed E-state index contributed by atoms with van der Waals surface area (Å²) in [5.74, 6) is 0.574. The molecule has 0 saturated heterocycles. The molecular weight excluding hydrogens is 434 g/mol. The lowest BCUT2D eigenvalue weighted by atomic mass is 10.2. The Morgan fingerprint density at radius 1 is 1.14 bits per heavy atom. The zero-order chi connectivity index (χ0) is 20.2. The highest BCUT2D eigenvalue weighted by atomic mass is 79.9. The largest absolute Gasteiger partial charge is 0.465 e. The molecule has 29 heavy (non-hydrogen) atoms. The number of hydrogen-bond acceptors (Lipinski definition) is 5. The van der Waals surface area contributed by atoms with Gasteiger partial charge in [0.1, 0.15) is 11.5 Å². The van der Waals surface area contributed by atoms with Gasteiger partial charge in [-0.15, -0.1) is 5.10 Å². The number of aromatic nitrogens is 4. The molecule has 4 aromatic rings. The summed E-state index contributed by atoms with van der Waals surface area (Å²) in [5, 5.41) is 14.8. The third-order valence-electron chi connectivity index (χ3n) is 4.16. The Bertz CT molecular complexity index is 1170. The van der Waals surface area contributed by atoms with Crippen molar-refractivity contribution >= 4 is 39.3 Å². The van der Waals surface area contributed by atoms with E-state index in [0.717, 1.165) is 15.6 Å². The van der Waals surface area contributed by atoms with Crippen LogP contribution in [0.1, 0.15) is 11.3 Å². The second-order valence-electron chi connectivity index (χ2n) is 6.26. The Kier molecular flexibility index (Phi) is 5.35. The van der Waals surface area contributed by atoms with Crippen LogP contribution in [0.5, 0.6) is 0 Å². The van der Waals surface area contributed by atoms with Crippen molar-refractivity contribution < 1.29 is 9.21 Å². The summed E-state index contributed by atoms with van der Waals surface area (Å²) in [6.07, 6.45) is 3.13. The topological polar surface area (TPSA) is 85.8 Å². The van der Waals surface area contributed by atoms with Crippen LogP contribution >= 0.6 is 15.9 Å². The minimum Gasteiger partial charge on any atom is -0.465 e. The number of halogens is 1. The summed E-state index contributed by atoms with van der Waals surface area (Å²) in [4.78, 5) is 13.2. The van der Waals surface area contributed by atoms with Gasteiger partial charge in [-0.1, -0.05) is 36.4 Å². The van der Waals surface area contributed by atoms with Gasteiger partial charge >= 0.3 is 0 Å². The van der Waals surface area contributed by atoms with Crippen molar-refractivity contribution in [2.75, 3.05) is 5.32 Å². The Morgan fingerprint density at radius 3 is 2.69 bits per heavy atom. The molecule has 0 saturated carbocycles. The zero-order valence-electron chi connectivity index (χ0n) is 15.4. The number of nitrogens with zero attached hydrogens (tertiary/aromatic N) is 4. The molecule has 0 radical (unpaired) electrons. The molecule has 1 N–H and O–H groups in total. The van der Waals surface area contributed by atoms with Crippen molar-refractivity contribution in [3.05, 3.63) is 82.7 Å². The molecule has 7 nitrogen and oxygen atoms in total. The quantitative estimate of drug-likeness (QED) is 0.448. The van der Waals surface area contributed by atoms with Crippen molar-refractivity contribution in [3.63, 3.8) is 0 Å². The molecule has 0 spiro atoms. The lowest BCUT2D eigenvalue weighted by Gasteiger charge is -2.12. The molecule has 0 aliphatic carbocycles. The number of carbonyl (C=O) groups excluding carboxylic acids is 1. The predicted octanol–water partition coefficient (Wildman–Crippen LogP) is 4.64. The maximum Gasteiger partial charge on any atom is 0.274 e. The van der Waals surface area contributed by atoms with Gasteiger partial charge in [-0.25, -0.2) is 0 Å². The Labute approximate surface area is 175 Å². The Balaban J connectivity index is 1.76. The number of hydrogen-bond donors (Lipinski definition) is 1. The Morgan fingerprint density at radius 2 is 1.97 bits per heavy atom. The first-order valence-electron chi connectivity index (χ1n) is 8.79. The van der Waals surface area contributed by atoms with E-state index in [0.29, 0.717) is 17.3 Å². The average Bonchev–Trinajstić information content (AvgIpc) is 3.40. The maximum atomic E-state index is 13.2. The van der Waals surface area contributed by atoms with Crippen LogP contribution in [-0.2, 0) is 4.79 Å². The average molecular weight is 450 g/mol. The van der Waals surface area contributed by atoms with E-state index < -0.39 is 0 Å². The van der Waals surface area contributed by atoms with Gasteiger partial charge < -0.3 is 9.73 Å². The lowest BCUT2D eigenvalue weighted by molar-refractivity contribution is -0.111. The number of aryl methyl sites for hydroxylation is 1. The number of tetrazole rings is 1. The third-order valence-corrected chi connectivity index (χ3v) is 4.81. The number of anilines is 1. The SMILES string of the molecule is Cc1ccc(NC(=O)/C(=C\c2ccco2)n2nnnc2-c2ccccc2)c(Br)c1. The van der Waals surface area contributed by atoms with Crippen LogP contribution < -0.4 is 5.32 Å². The fraction of sp³-hybridized carbons (Fsp3) is 0.0476. The van der Waals surface area contributed by atoms with Crippen LogP contribution in [0.2, 0.25) is 0 Å². The zero-order valence-corrected chi connectivity index (χ0v) is 17.0. The normalized spacial score (nSPS) is 11.4. The summed E-state index contributed by atoms with van der Waals surface area (Å²) < 4.78 is 7.58. The molecule has 2 aromatic carbocycles. The molecule has 2 heterocycles. The van der Waals surface area contributed by atoms with Gasteiger partial charge in [0, 0.05) is 16.1 Å². The van der Waals surface area contributed by atoms with Gasteiger partial charge in [0.25, 0.3) is 5.91 Å². The van der Waals surface area contributed by atoms with Crippen LogP contribution in [0.25, 0.3) is 23.2 Å². The summed E-state index contributed by atoms with van der Waals surface area (Å²) >= 11 is 3.49. The van der Waals surface area contributed by atoms with E-state index in [1.165, 1.54) is 10.9 Å². The molecule has 0 bridgehead atoms. The van der Waals surface area contributed by atoms with Gasteiger partial charge in [0.05, 0.1) is 12.0 Å². The van der Waals surface area contributed by atoms with Crippen molar-refractivity contribution in [1.29, 1.82) is 0 Å². The van der Waals surface area contributed by atoms with E-state index in [1.54, 1.807) is 18.2 Å². The number of nitrogens with one attached hydrogen (secondary N) is 1. The first kappa shape index (κ1) is 18.8. The fourth-order valence-corrected chi connectivity index (χ4v) is 3.35. The van der Waals surface area contributed by atoms with E-state index in [1.807, 2.05) is 55.5 Å². The summed E-state index contributed by atoms with van der Waals surface area (Å²) in [5.41, 5.74) is 2.72. The van der Waals surface area contributed by atoms with Crippen molar-refractivity contribution in [2.45, 2.75) is 6.92 Å². The van der Waals surface area contributed by atoms with Crippen LogP contribution in [0, 0.1) is 6.92 Å². The monoisotopic (exact) mass is 449 g/mol. The highest BCUT2D eigenvalue weighted by Crippen LogP contribution is 2.26. The lowest BCUT2D eigenvalue weighted by Crippen LogP contribution is -2.19. The minimum atomic E-state index is -0.379. The highest BCUT2D eigenvalue weighted by Gasteiger charge is 2.20. The predicted molar refractivity (Wildman–Crippen MR) is 114 cm³/mol. The van der Waals surface area contributed by atoms with Crippen molar-refractivity contribution in [3.8, 4) is 11.4 Å². The van der Waals surface area contributed by atoms with Gasteiger partial charge in [-0.05, 0) is 63.1 Å². The van der Waals surface area contributed by atoms with Gasteiger partial charge in [-0.2, -0.15) is 4.68 Å². The van der Waals surface area contributed by atoms with Crippen LogP contribution in [0.3, 0.4) is 0 Å². The van der Waals surface area contributed by atoms with Gasteiger partial charge in [0.2, 0.25) is 0 Å². The van der Waals surface area contributed by atoms with Crippen molar-refractivity contribution in [1.82, 2.24) is 20.2 Å². The molecule has 1 amide bonds. The molecule has 0 unspecified atom stereocenters. The summed E-state index contributed by atoms with van der Waals surface area (Å²) in [7, 11) is 0. The number of benzene rings is 2. The first-order valence-corrected chi connectivity index (χ1v) is 9.58. The van der Waals surface area contributed by atoms with Gasteiger partial charge in [-0.3, -0.25) is 4.79 Å². The number of furan rings is 1. The molecule has 8 heteroatoms. The maximum absolute atomic E-state index is 13.2. The molecule has 0 fully saturated rings. The summed E-state index contributed by atoms with van der Waals surface area (Å²) in [6.45, 7) is 1.98. The number of carbonyl (C=O) groups is 1. The number of amides is 1.